The maximum Gasteiger partial charge on any atom is 0.229 e. The van der Waals surface area contributed by atoms with Crippen molar-refractivity contribution in [3.8, 4) is 16.9 Å². The van der Waals surface area contributed by atoms with Crippen LogP contribution in [0.1, 0.15) is 0 Å². The normalized spacial score (nSPS) is 10.2. The monoisotopic (exact) mass is 307 g/mol. The van der Waals surface area contributed by atoms with Gasteiger partial charge in [0, 0.05) is 17.4 Å². The summed E-state index contributed by atoms with van der Waals surface area (Å²) in [6.45, 7) is 0. The van der Waals surface area contributed by atoms with Crippen LogP contribution >= 0.6 is 0 Å². The second kappa shape index (κ2) is 6.76. The lowest BCUT2D eigenvalue weighted by molar-refractivity contribution is 0.415. The van der Waals surface area contributed by atoms with Crippen molar-refractivity contribution >= 4 is 17.5 Å². The number of rotatable bonds is 5. The van der Waals surface area contributed by atoms with E-state index in [1.54, 1.807) is 13.3 Å². The molecule has 0 fully saturated rings. The molecule has 0 atom stereocenters. The molecule has 1 heterocycles. The zero-order chi connectivity index (χ0) is 16.1. The highest BCUT2D eigenvalue weighted by Gasteiger charge is 2.09. The molecule has 0 unspecified atom stereocenters. The van der Waals surface area contributed by atoms with Crippen molar-refractivity contribution in [1.29, 1.82) is 0 Å². The first-order valence-corrected chi connectivity index (χ1v) is 7.10. The third-order valence-electron chi connectivity index (χ3n) is 3.34. The molecule has 2 aromatic carbocycles. The molecule has 23 heavy (non-hydrogen) atoms. The van der Waals surface area contributed by atoms with Crippen molar-refractivity contribution in [2.45, 2.75) is 0 Å². The second-order valence-electron chi connectivity index (χ2n) is 4.82. The number of nitrogens with zero attached hydrogens (tertiary/aromatic N) is 2. The molecule has 3 rings (SSSR count). The Morgan fingerprint density at radius 2 is 1.87 bits per heavy atom. The molecule has 0 spiro atoms. The Hall–Kier alpha value is -3.12. The smallest absolute Gasteiger partial charge is 0.229 e. The fourth-order valence-corrected chi connectivity index (χ4v) is 2.20. The van der Waals surface area contributed by atoms with Crippen LogP contribution in [0.2, 0.25) is 0 Å². The van der Waals surface area contributed by atoms with E-state index in [4.69, 9.17) is 10.6 Å². The number of nitrogens with two attached hydrogens (primary N) is 1. The second-order valence-corrected chi connectivity index (χ2v) is 4.82. The van der Waals surface area contributed by atoms with Gasteiger partial charge in [0.15, 0.2) is 5.82 Å². The third-order valence-corrected chi connectivity index (χ3v) is 3.34. The van der Waals surface area contributed by atoms with E-state index in [9.17, 15) is 0 Å². The van der Waals surface area contributed by atoms with Crippen molar-refractivity contribution in [1.82, 2.24) is 9.97 Å². The molecule has 0 amide bonds. The molecular weight excluding hydrogens is 290 g/mol. The summed E-state index contributed by atoms with van der Waals surface area (Å²) in [4.78, 5) is 8.78. The van der Waals surface area contributed by atoms with Crippen LogP contribution in [-0.4, -0.2) is 17.1 Å². The molecular formula is C17H17N5O. The quantitative estimate of drug-likeness (QED) is 0.496. The van der Waals surface area contributed by atoms with Crippen LogP contribution in [0.5, 0.6) is 5.75 Å². The Balaban J connectivity index is 1.93. The summed E-state index contributed by atoms with van der Waals surface area (Å²) in [5.74, 6) is 7.38. The van der Waals surface area contributed by atoms with Crippen molar-refractivity contribution in [3.63, 3.8) is 0 Å². The number of aromatic nitrogens is 2. The maximum atomic E-state index is 5.62. The van der Waals surface area contributed by atoms with E-state index in [0.29, 0.717) is 11.8 Å². The Kier molecular flexibility index (Phi) is 4.35. The van der Waals surface area contributed by atoms with Gasteiger partial charge in [-0.05, 0) is 29.8 Å². The van der Waals surface area contributed by atoms with E-state index in [-0.39, 0.29) is 0 Å². The standard InChI is InChI=1S/C17H17N5O/c1-23-14-9-5-6-12(10-14)15-11-19-17(21-16(15)22-18)20-13-7-3-2-4-8-13/h2-11H,18H2,1H3,(H2,19,20,21,22). The Morgan fingerprint density at radius 1 is 1.04 bits per heavy atom. The molecule has 0 aliphatic carbocycles. The first-order chi connectivity index (χ1) is 11.3. The third kappa shape index (κ3) is 3.38. The van der Waals surface area contributed by atoms with Crippen LogP contribution in [0, 0.1) is 0 Å². The van der Waals surface area contributed by atoms with E-state index in [0.717, 1.165) is 22.6 Å². The van der Waals surface area contributed by atoms with Gasteiger partial charge in [-0.3, -0.25) is 0 Å². The van der Waals surface area contributed by atoms with Crippen molar-refractivity contribution in [2.24, 2.45) is 5.84 Å². The summed E-state index contributed by atoms with van der Waals surface area (Å²) in [7, 11) is 1.63. The summed E-state index contributed by atoms with van der Waals surface area (Å²) in [6.07, 6.45) is 1.72. The predicted octanol–water partition coefficient (Wildman–Crippen LogP) is 3.18. The lowest BCUT2D eigenvalue weighted by Crippen LogP contribution is -2.11. The average Bonchev–Trinajstić information content (AvgIpc) is 2.62. The first kappa shape index (κ1) is 14.8. The van der Waals surface area contributed by atoms with Gasteiger partial charge in [0.2, 0.25) is 5.95 Å². The van der Waals surface area contributed by atoms with Gasteiger partial charge in [-0.2, -0.15) is 4.98 Å². The number of para-hydroxylation sites is 1. The molecule has 6 heteroatoms. The fraction of sp³-hybridized carbons (Fsp3) is 0.0588. The molecule has 0 radical (unpaired) electrons. The van der Waals surface area contributed by atoms with E-state index in [1.165, 1.54) is 0 Å². The molecule has 0 aliphatic heterocycles. The number of methoxy groups -OCH3 is 1. The van der Waals surface area contributed by atoms with Gasteiger partial charge in [-0.25, -0.2) is 10.8 Å². The SMILES string of the molecule is COc1cccc(-c2cnc(Nc3ccccc3)nc2NN)c1. The number of ether oxygens (including phenoxy) is 1. The molecule has 1 aromatic heterocycles. The summed E-state index contributed by atoms with van der Waals surface area (Å²) in [6, 6.07) is 17.4. The van der Waals surface area contributed by atoms with Gasteiger partial charge >= 0.3 is 0 Å². The minimum Gasteiger partial charge on any atom is -0.497 e. The molecule has 0 aliphatic rings. The predicted molar refractivity (Wildman–Crippen MR) is 91.6 cm³/mol. The van der Waals surface area contributed by atoms with Gasteiger partial charge in [0.1, 0.15) is 5.75 Å². The molecule has 0 saturated carbocycles. The number of nitrogen functional groups attached to an aromatic ring is 1. The van der Waals surface area contributed by atoms with E-state index < -0.39 is 0 Å². The van der Waals surface area contributed by atoms with Crippen molar-refractivity contribution < 1.29 is 4.74 Å². The van der Waals surface area contributed by atoms with E-state index in [1.807, 2.05) is 54.6 Å². The lowest BCUT2D eigenvalue weighted by atomic mass is 10.1. The summed E-state index contributed by atoms with van der Waals surface area (Å²) < 4.78 is 5.25. The topological polar surface area (TPSA) is 85.1 Å². The van der Waals surface area contributed by atoms with Crippen LogP contribution in [0.25, 0.3) is 11.1 Å². The first-order valence-electron chi connectivity index (χ1n) is 7.10. The van der Waals surface area contributed by atoms with Gasteiger partial charge in [0.25, 0.3) is 0 Å². The van der Waals surface area contributed by atoms with Crippen molar-refractivity contribution in [2.75, 3.05) is 17.9 Å². The van der Waals surface area contributed by atoms with Crippen LogP contribution in [0.3, 0.4) is 0 Å². The molecule has 3 aromatic rings. The number of hydrazine groups is 1. The van der Waals surface area contributed by atoms with Crippen LogP contribution in [-0.2, 0) is 0 Å². The molecule has 0 bridgehead atoms. The van der Waals surface area contributed by atoms with Crippen LogP contribution in [0.4, 0.5) is 17.5 Å². The lowest BCUT2D eigenvalue weighted by Gasteiger charge is -2.11. The molecule has 116 valence electrons. The number of hydrogen-bond acceptors (Lipinski definition) is 6. The minimum absolute atomic E-state index is 0.468. The zero-order valence-corrected chi connectivity index (χ0v) is 12.7. The van der Waals surface area contributed by atoms with Gasteiger partial charge in [-0.1, -0.05) is 30.3 Å². The molecule has 0 saturated heterocycles. The molecule has 4 N–H and O–H groups in total. The largest absolute Gasteiger partial charge is 0.497 e. The highest BCUT2D eigenvalue weighted by Crippen LogP contribution is 2.29. The van der Waals surface area contributed by atoms with Crippen molar-refractivity contribution in [3.05, 3.63) is 60.8 Å². The Bertz CT molecular complexity index is 792. The summed E-state index contributed by atoms with van der Waals surface area (Å²) in [5.41, 5.74) is 5.25. The van der Waals surface area contributed by atoms with Gasteiger partial charge < -0.3 is 15.5 Å². The zero-order valence-electron chi connectivity index (χ0n) is 12.7. The van der Waals surface area contributed by atoms with Crippen LogP contribution < -0.4 is 21.3 Å². The van der Waals surface area contributed by atoms with E-state index in [2.05, 4.69) is 20.7 Å². The summed E-state index contributed by atoms with van der Waals surface area (Å²) >= 11 is 0. The fourth-order valence-electron chi connectivity index (χ4n) is 2.20. The summed E-state index contributed by atoms with van der Waals surface area (Å²) in [5, 5.41) is 3.14. The highest BCUT2D eigenvalue weighted by atomic mass is 16.5. The Morgan fingerprint density at radius 3 is 2.61 bits per heavy atom. The average molecular weight is 307 g/mol. The maximum absolute atomic E-state index is 5.62. The number of nitrogens with one attached hydrogen (secondary N) is 2. The number of benzene rings is 2. The minimum atomic E-state index is 0.468. The number of anilines is 3. The molecule has 6 nitrogen and oxygen atoms in total. The van der Waals surface area contributed by atoms with Gasteiger partial charge in [-0.15, -0.1) is 0 Å². The van der Waals surface area contributed by atoms with Crippen LogP contribution in [0.15, 0.2) is 60.8 Å². The Labute approximate surface area is 134 Å². The number of hydrogen-bond donors (Lipinski definition) is 3. The highest BCUT2D eigenvalue weighted by molar-refractivity contribution is 5.76. The van der Waals surface area contributed by atoms with Gasteiger partial charge in [0.05, 0.1) is 7.11 Å². The van der Waals surface area contributed by atoms with E-state index >= 15 is 0 Å².